The molecule has 1 atom stereocenters. The van der Waals surface area contributed by atoms with Gasteiger partial charge in [-0.05, 0) is 32.9 Å². The van der Waals surface area contributed by atoms with Gasteiger partial charge in [-0.3, -0.25) is 0 Å². The molecule has 1 unspecified atom stereocenters. The summed E-state index contributed by atoms with van der Waals surface area (Å²) in [6, 6.07) is 0. The van der Waals surface area contributed by atoms with Crippen LogP contribution < -0.4 is 0 Å². The van der Waals surface area contributed by atoms with Crippen molar-refractivity contribution in [2.24, 2.45) is 5.92 Å². The van der Waals surface area contributed by atoms with Crippen molar-refractivity contribution in [2.75, 3.05) is 20.6 Å². The van der Waals surface area contributed by atoms with Crippen molar-refractivity contribution in [2.45, 2.75) is 65.2 Å². The summed E-state index contributed by atoms with van der Waals surface area (Å²) >= 11 is 0. The monoisotopic (exact) mass is 213 g/mol. The van der Waals surface area contributed by atoms with Crippen molar-refractivity contribution in [3.8, 4) is 0 Å². The van der Waals surface area contributed by atoms with Gasteiger partial charge in [-0.25, -0.2) is 0 Å². The van der Waals surface area contributed by atoms with Gasteiger partial charge < -0.3 is 4.90 Å². The molecule has 0 aliphatic rings. The van der Waals surface area contributed by atoms with E-state index in [-0.39, 0.29) is 0 Å². The van der Waals surface area contributed by atoms with E-state index in [0.29, 0.717) is 0 Å². The molecule has 0 radical (unpaired) electrons. The van der Waals surface area contributed by atoms with Gasteiger partial charge in [0.2, 0.25) is 0 Å². The fourth-order valence-corrected chi connectivity index (χ4v) is 2.29. The number of unbranched alkanes of at least 4 members (excludes halogenated alkanes) is 4. The fourth-order valence-electron chi connectivity index (χ4n) is 2.29. The molecule has 92 valence electrons. The molecule has 0 amide bonds. The van der Waals surface area contributed by atoms with Crippen LogP contribution in [0.5, 0.6) is 0 Å². The topological polar surface area (TPSA) is 3.24 Å². The van der Waals surface area contributed by atoms with E-state index >= 15 is 0 Å². The first-order chi connectivity index (χ1) is 7.20. The van der Waals surface area contributed by atoms with E-state index in [0.717, 1.165) is 5.92 Å². The molecule has 0 fully saturated rings. The molecule has 0 heterocycles. The summed E-state index contributed by atoms with van der Waals surface area (Å²) < 4.78 is 0. The lowest BCUT2D eigenvalue weighted by Gasteiger charge is -2.20. The van der Waals surface area contributed by atoms with Crippen molar-refractivity contribution in [3.05, 3.63) is 0 Å². The van der Waals surface area contributed by atoms with Gasteiger partial charge in [-0.2, -0.15) is 0 Å². The van der Waals surface area contributed by atoms with E-state index in [1.54, 1.807) is 0 Å². The lowest BCUT2D eigenvalue weighted by atomic mass is 9.95. The van der Waals surface area contributed by atoms with Crippen LogP contribution in [-0.2, 0) is 0 Å². The fraction of sp³-hybridized carbons (Fsp3) is 1.00. The molecule has 0 aliphatic carbocycles. The normalized spacial score (nSPS) is 13.4. The van der Waals surface area contributed by atoms with Gasteiger partial charge in [0.05, 0.1) is 0 Å². The van der Waals surface area contributed by atoms with Crippen LogP contribution in [0.2, 0.25) is 0 Å². The standard InChI is InChI=1S/C14H31N/c1-5-7-8-9-10-12-14(11-6-2)13-15(3)4/h14H,5-13H2,1-4H3. The van der Waals surface area contributed by atoms with Crippen molar-refractivity contribution >= 4 is 0 Å². The van der Waals surface area contributed by atoms with Crippen LogP contribution in [0.4, 0.5) is 0 Å². The molecule has 1 heteroatoms. The van der Waals surface area contributed by atoms with E-state index in [1.807, 2.05) is 0 Å². The highest BCUT2D eigenvalue weighted by atomic mass is 15.1. The van der Waals surface area contributed by atoms with Gasteiger partial charge in [-0.1, -0.05) is 52.4 Å². The SMILES string of the molecule is CCCCCCCC(CCC)CN(C)C. The molecule has 0 aromatic heterocycles. The smallest absolute Gasteiger partial charge is 0.000356 e. The Labute approximate surface area is 97.2 Å². The van der Waals surface area contributed by atoms with Crippen molar-refractivity contribution < 1.29 is 0 Å². The number of rotatable bonds is 10. The minimum absolute atomic E-state index is 0.937. The summed E-state index contributed by atoms with van der Waals surface area (Å²) in [4.78, 5) is 2.34. The number of hydrogen-bond acceptors (Lipinski definition) is 1. The Kier molecular flexibility index (Phi) is 10.4. The summed E-state index contributed by atoms with van der Waals surface area (Å²) in [5.74, 6) is 0.937. The molecule has 0 aliphatic heterocycles. The molecule has 0 aromatic carbocycles. The lowest BCUT2D eigenvalue weighted by molar-refractivity contribution is 0.291. The maximum Gasteiger partial charge on any atom is 0.000356 e. The molecule has 0 rings (SSSR count). The molecule has 0 saturated heterocycles. The Hall–Kier alpha value is -0.0400. The lowest BCUT2D eigenvalue weighted by Crippen LogP contribution is -2.21. The molecule has 1 nitrogen and oxygen atoms in total. The van der Waals surface area contributed by atoms with E-state index in [9.17, 15) is 0 Å². The van der Waals surface area contributed by atoms with Crippen molar-refractivity contribution in [1.29, 1.82) is 0 Å². The van der Waals surface area contributed by atoms with Crippen LogP contribution in [0.1, 0.15) is 65.2 Å². The van der Waals surface area contributed by atoms with E-state index < -0.39 is 0 Å². The zero-order valence-electron chi connectivity index (χ0n) is 11.4. The van der Waals surface area contributed by atoms with Crippen molar-refractivity contribution in [3.63, 3.8) is 0 Å². The average molecular weight is 213 g/mol. The second-order valence-electron chi connectivity index (χ2n) is 5.12. The summed E-state index contributed by atoms with van der Waals surface area (Å²) in [6.45, 7) is 5.87. The van der Waals surface area contributed by atoms with Gasteiger partial charge in [0, 0.05) is 6.54 Å². The third-order valence-electron chi connectivity index (χ3n) is 3.04. The molecule has 0 spiro atoms. The molecular weight excluding hydrogens is 182 g/mol. The predicted octanol–water partition coefficient (Wildman–Crippen LogP) is 4.32. The van der Waals surface area contributed by atoms with Crippen LogP contribution in [0.25, 0.3) is 0 Å². The first-order valence-corrected chi connectivity index (χ1v) is 6.85. The quantitative estimate of drug-likeness (QED) is 0.488. The van der Waals surface area contributed by atoms with Crippen LogP contribution in [0.15, 0.2) is 0 Å². The highest BCUT2D eigenvalue weighted by molar-refractivity contribution is 4.62. The Bertz CT molecular complexity index is 121. The minimum Gasteiger partial charge on any atom is -0.309 e. The second kappa shape index (κ2) is 10.5. The first kappa shape index (κ1) is 15.0. The summed E-state index contributed by atoms with van der Waals surface area (Å²) in [5, 5.41) is 0. The largest absolute Gasteiger partial charge is 0.309 e. The maximum atomic E-state index is 2.34. The van der Waals surface area contributed by atoms with Gasteiger partial charge >= 0.3 is 0 Å². The molecule has 15 heavy (non-hydrogen) atoms. The first-order valence-electron chi connectivity index (χ1n) is 6.85. The average Bonchev–Trinajstić information content (AvgIpc) is 2.17. The molecule has 0 saturated carbocycles. The van der Waals surface area contributed by atoms with E-state index in [2.05, 4.69) is 32.8 Å². The van der Waals surface area contributed by atoms with Crippen LogP contribution in [0, 0.1) is 5.92 Å². The zero-order chi connectivity index (χ0) is 11.5. The highest BCUT2D eigenvalue weighted by Gasteiger charge is 2.08. The molecular formula is C14H31N. The van der Waals surface area contributed by atoms with E-state index in [1.165, 1.54) is 57.9 Å². The molecule has 0 bridgehead atoms. The van der Waals surface area contributed by atoms with Gasteiger partial charge in [0.1, 0.15) is 0 Å². The Morgan fingerprint density at radius 2 is 1.47 bits per heavy atom. The van der Waals surface area contributed by atoms with Crippen LogP contribution in [0.3, 0.4) is 0 Å². The summed E-state index contributed by atoms with van der Waals surface area (Å²) in [5.41, 5.74) is 0. The summed E-state index contributed by atoms with van der Waals surface area (Å²) in [6.07, 6.45) is 11.3. The maximum absolute atomic E-state index is 2.34. The van der Waals surface area contributed by atoms with Gasteiger partial charge in [0.15, 0.2) is 0 Å². The third-order valence-corrected chi connectivity index (χ3v) is 3.04. The highest BCUT2D eigenvalue weighted by Crippen LogP contribution is 2.17. The van der Waals surface area contributed by atoms with Crippen molar-refractivity contribution in [1.82, 2.24) is 4.90 Å². The summed E-state index contributed by atoms with van der Waals surface area (Å²) in [7, 11) is 4.39. The number of nitrogens with zero attached hydrogens (tertiary/aromatic N) is 1. The van der Waals surface area contributed by atoms with Gasteiger partial charge in [0.25, 0.3) is 0 Å². The third kappa shape index (κ3) is 10.2. The Balaban J connectivity index is 3.47. The zero-order valence-corrected chi connectivity index (χ0v) is 11.4. The minimum atomic E-state index is 0.937. The van der Waals surface area contributed by atoms with E-state index in [4.69, 9.17) is 0 Å². The molecule has 0 aromatic rings. The van der Waals surface area contributed by atoms with Crippen LogP contribution in [-0.4, -0.2) is 25.5 Å². The van der Waals surface area contributed by atoms with Crippen LogP contribution >= 0.6 is 0 Å². The Morgan fingerprint density at radius 3 is 2.00 bits per heavy atom. The molecule has 0 N–H and O–H groups in total. The Morgan fingerprint density at radius 1 is 0.800 bits per heavy atom. The second-order valence-corrected chi connectivity index (χ2v) is 5.12. The van der Waals surface area contributed by atoms with Gasteiger partial charge in [-0.15, -0.1) is 0 Å². The predicted molar refractivity (Wildman–Crippen MR) is 70.3 cm³/mol. The number of hydrogen-bond donors (Lipinski definition) is 0.